The van der Waals surface area contributed by atoms with Crippen LogP contribution < -0.4 is 0 Å². The largest absolute Gasteiger partial charge is 0.392 e. The molecule has 0 saturated carbocycles. The molecule has 1 aromatic carbocycles. The molecule has 0 amide bonds. The fourth-order valence-electron chi connectivity index (χ4n) is 0.962. The van der Waals surface area contributed by atoms with E-state index in [0.29, 0.717) is 16.5 Å². The Balaban J connectivity index is 2.77. The Labute approximate surface area is 88.3 Å². The molecule has 0 unspecified atom stereocenters. The third-order valence-electron chi connectivity index (χ3n) is 1.75. The van der Waals surface area contributed by atoms with Gasteiger partial charge in [0, 0.05) is 16.5 Å². The van der Waals surface area contributed by atoms with E-state index < -0.39 is 6.10 Å². The Morgan fingerprint density at radius 1 is 1.46 bits per heavy atom. The number of rotatable bonds is 3. The van der Waals surface area contributed by atoms with Crippen molar-refractivity contribution in [1.29, 1.82) is 0 Å². The van der Waals surface area contributed by atoms with E-state index in [1.54, 1.807) is 24.6 Å². The van der Waals surface area contributed by atoms with E-state index in [1.807, 2.05) is 6.92 Å². The molecule has 1 nitrogen and oxygen atoms in total. The molecule has 0 saturated heterocycles. The first-order valence-corrected chi connectivity index (χ1v) is 4.87. The summed E-state index contributed by atoms with van der Waals surface area (Å²) in [4.78, 5) is 0. The standard InChI is InChI=1S/C10H11Cl2O/c1-2-9(13)5-7-3-4-8(11)6-10(7)12/h3-6,9,13H,2H2,1H3/t9-/m0/s1. The van der Waals surface area contributed by atoms with E-state index in [2.05, 4.69) is 0 Å². The predicted molar refractivity (Wildman–Crippen MR) is 56.2 cm³/mol. The second-order valence-electron chi connectivity index (χ2n) is 2.81. The van der Waals surface area contributed by atoms with Gasteiger partial charge in [-0.25, -0.2) is 0 Å². The summed E-state index contributed by atoms with van der Waals surface area (Å²) in [6.45, 7) is 1.91. The van der Waals surface area contributed by atoms with Crippen molar-refractivity contribution in [2.24, 2.45) is 0 Å². The van der Waals surface area contributed by atoms with Crippen LogP contribution in [0.5, 0.6) is 0 Å². The molecule has 1 rings (SSSR count). The lowest BCUT2D eigenvalue weighted by Gasteiger charge is -2.08. The van der Waals surface area contributed by atoms with Gasteiger partial charge in [0.2, 0.25) is 0 Å². The van der Waals surface area contributed by atoms with Gasteiger partial charge in [-0.1, -0.05) is 36.2 Å². The molecule has 0 bridgehead atoms. The molecule has 0 aromatic heterocycles. The van der Waals surface area contributed by atoms with Gasteiger partial charge in [-0.05, 0) is 24.1 Å². The number of halogens is 2. The summed E-state index contributed by atoms with van der Waals surface area (Å²) < 4.78 is 0. The second-order valence-corrected chi connectivity index (χ2v) is 3.65. The first-order chi connectivity index (χ1) is 6.13. The summed E-state index contributed by atoms with van der Waals surface area (Å²) in [5.74, 6) is 0. The minimum Gasteiger partial charge on any atom is -0.392 e. The zero-order valence-corrected chi connectivity index (χ0v) is 8.81. The first kappa shape index (κ1) is 10.8. The molecule has 0 aliphatic carbocycles. The van der Waals surface area contributed by atoms with Crippen LogP contribution in [0.15, 0.2) is 18.2 Å². The smallest absolute Gasteiger partial charge is 0.0613 e. The van der Waals surface area contributed by atoms with E-state index in [9.17, 15) is 5.11 Å². The summed E-state index contributed by atoms with van der Waals surface area (Å²) in [7, 11) is 0. The van der Waals surface area contributed by atoms with E-state index in [4.69, 9.17) is 23.2 Å². The molecule has 1 aromatic rings. The fraction of sp³-hybridized carbons (Fsp3) is 0.300. The average Bonchev–Trinajstić information content (AvgIpc) is 2.09. The SMILES string of the molecule is CC[C@H](O)[CH]c1ccc(Cl)cc1Cl. The summed E-state index contributed by atoms with van der Waals surface area (Å²) in [6.07, 6.45) is 1.95. The lowest BCUT2D eigenvalue weighted by Crippen LogP contribution is -2.05. The van der Waals surface area contributed by atoms with Crippen molar-refractivity contribution in [3.63, 3.8) is 0 Å². The molecular weight excluding hydrogens is 207 g/mol. The summed E-state index contributed by atoms with van der Waals surface area (Å²) in [5, 5.41) is 10.5. The van der Waals surface area contributed by atoms with Crippen molar-refractivity contribution in [2.75, 3.05) is 0 Å². The van der Waals surface area contributed by atoms with Gasteiger partial charge in [0.25, 0.3) is 0 Å². The van der Waals surface area contributed by atoms with Gasteiger partial charge in [-0.15, -0.1) is 0 Å². The molecule has 1 radical (unpaired) electrons. The van der Waals surface area contributed by atoms with Gasteiger partial charge in [0.05, 0.1) is 6.10 Å². The van der Waals surface area contributed by atoms with E-state index in [-0.39, 0.29) is 0 Å². The number of aliphatic hydroxyl groups is 1. The molecule has 1 N–H and O–H groups in total. The highest BCUT2D eigenvalue weighted by atomic mass is 35.5. The van der Waals surface area contributed by atoms with Crippen molar-refractivity contribution in [3.8, 4) is 0 Å². The Morgan fingerprint density at radius 2 is 2.15 bits per heavy atom. The van der Waals surface area contributed by atoms with Crippen LogP contribution in [0.1, 0.15) is 18.9 Å². The van der Waals surface area contributed by atoms with E-state index in [1.165, 1.54) is 0 Å². The molecule has 0 fully saturated rings. The van der Waals surface area contributed by atoms with Crippen LogP contribution in [0.25, 0.3) is 0 Å². The highest BCUT2D eigenvalue weighted by Crippen LogP contribution is 2.23. The number of hydrogen-bond donors (Lipinski definition) is 1. The minimum absolute atomic E-state index is 0.446. The maximum atomic E-state index is 9.36. The zero-order valence-electron chi connectivity index (χ0n) is 7.30. The minimum atomic E-state index is -0.446. The molecule has 13 heavy (non-hydrogen) atoms. The zero-order chi connectivity index (χ0) is 9.84. The molecular formula is C10H11Cl2O. The van der Waals surface area contributed by atoms with Crippen LogP contribution in [-0.4, -0.2) is 11.2 Å². The van der Waals surface area contributed by atoms with Crippen LogP contribution in [0.3, 0.4) is 0 Å². The van der Waals surface area contributed by atoms with Gasteiger partial charge in [0.15, 0.2) is 0 Å². The van der Waals surface area contributed by atoms with Crippen molar-refractivity contribution in [1.82, 2.24) is 0 Å². The van der Waals surface area contributed by atoms with Gasteiger partial charge in [0.1, 0.15) is 0 Å². The molecule has 0 aliphatic rings. The topological polar surface area (TPSA) is 20.2 Å². The van der Waals surface area contributed by atoms with Crippen LogP contribution >= 0.6 is 23.2 Å². The number of benzene rings is 1. The van der Waals surface area contributed by atoms with Crippen LogP contribution in [-0.2, 0) is 0 Å². The fourth-order valence-corrected chi connectivity index (χ4v) is 1.43. The lowest BCUT2D eigenvalue weighted by atomic mass is 10.1. The van der Waals surface area contributed by atoms with Gasteiger partial charge in [-0.3, -0.25) is 0 Å². The van der Waals surface area contributed by atoms with Gasteiger partial charge >= 0.3 is 0 Å². The van der Waals surface area contributed by atoms with E-state index >= 15 is 0 Å². The van der Waals surface area contributed by atoms with Crippen LogP contribution in [0.2, 0.25) is 10.0 Å². The van der Waals surface area contributed by atoms with Crippen LogP contribution in [0, 0.1) is 6.42 Å². The maximum Gasteiger partial charge on any atom is 0.0613 e. The normalized spacial score (nSPS) is 12.9. The van der Waals surface area contributed by atoms with E-state index in [0.717, 1.165) is 5.56 Å². The Morgan fingerprint density at radius 3 is 2.69 bits per heavy atom. The molecule has 0 aliphatic heterocycles. The Bertz CT molecular complexity index is 286. The molecule has 1 atom stereocenters. The summed E-state index contributed by atoms with van der Waals surface area (Å²) in [5.41, 5.74) is 0.820. The summed E-state index contributed by atoms with van der Waals surface area (Å²) in [6, 6.07) is 5.21. The first-order valence-electron chi connectivity index (χ1n) is 4.11. The third kappa shape index (κ3) is 3.18. The average molecular weight is 218 g/mol. The van der Waals surface area contributed by atoms with Crippen LogP contribution in [0.4, 0.5) is 0 Å². The Kier molecular flexibility index (Phi) is 4.04. The van der Waals surface area contributed by atoms with Crippen molar-refractivity contribution in [2.45, 2.75) is 19.4 Å². The predicted octanol–water partition coefficient (Wildman–Crippen LogP) is 3.32. The quantitative estimate of drug-likeness (QED) is 0.824. The van der Waals surface area contributed by atoms with Gasteiger partial charge in [-0.2, -0.15) is 0 Å². The molecule has 71 valence electrons. The summed E-state index contributed by atoms with van der Waals surface area (Å²) >= 11 is 11.6. The third-order valence-corrected chi connectivity index (χ3v) is 2.32. The molecule has 0 heterocycles. The highest BCUT2D eigenvalue weighted by molar-refractivity contribution is 6.35. The maximum absolute atomic E-state index is 9.36. The monoisotopic (exact) mass is 217 g/mol. The van der Waals surface area contributed by atoms with Crippen molar-refractivity contribution in [3.05, 3.63) is 40.2 Å². The number of aliphatic hydroxyl groups excluding tert-OH is 1. The Hall–Kier alpha value is -0.240. The lowest BCUT2D eigenvalue weighted by molar-refractivity contribution is 0.206. The molecule has 0 spiro atoms. The molecule has 3 heteroatoms. The van der Waals surface area contributed by atoms with Crippen molar-refractivity contribution < 1.29 is 5.11 Å². The number of hydrogen-bond acceptors (Lipinski definition) is 1. The highest BCUT2D eigenvalue weighted by Gasteiger charge is 2.06. The van der Waals surface area contributed by atoms with Crippen molar-refractivity contribution >= 4 is 23.2 Å². The van der Waals surface area contributed by atoms with Gasteiger partial charge < -0.3 is 5.11 Å². The second kappa shape index (κ2) is 4.85.